The number of carbonyl (C=O) groups is 2. The van der Waals surface area contributed by atoms with Gasteiger partial charge in [-0.05, 0) is 48.5 Å². The zero-order chi connectivity index (χ0) is 18.4. The number of pyridine rings is 2. The van der Waals surface area contributed by atoms with E-state index in [0.29, 0.717) is 28.6 Å². The Morgan fingerprint density at radius 2 is 1.50 bits per heavy atom. The maximum Gasteiger partial charge on any atom is 0.255 e. The van der Waals surface area contributed by atoms with Crippen LogP contribution in [0, 0.1) is 0 Å². The summed E-state index contributed by atoms with van der Waals surface area (Å²) >= 11 is 0. The van der Waals surface area contributed by atoms with Gasteiger partial charge in [-0.1, -0.05) is 6.07 Å². The monoisotopic (exact) mass is 347 g/mol. The van der Waals surface area contributed by atoms with E-state index in [1.807, 2.05) is 18.2 Å². The van der Waals surface area contributed by atoms with Gasteiger partial charge in [-0.25, -0.2) is 9.97 Å². The molecule has 0 fully saturated rings. The van der Waals surface area contributed by atoms with Crippen molar-refractivity contribution in [2.75, 3.05) is 16.0 Å². The molecular formula is C19H17N5O2. The third-order valence-electron chi connectivity index (χ3n) is 3.41. The third kappa shape index (κ3) is 4.64. The van der Waals surface area contributed by atoms with Gasteiger partial charge in [0.1, 0.15) is 11.6 Å². The van der Waals surface area contributed by atoms with E-state index in [0.717, 1.165) is 0 Å². The second kappa shape index (κ2) is 7.89. The lowest BCUT2D eigenvalue weighted by Crippen LogP contribution is -2.12. The molecule has 2 heterocycles. The minimum absolute atomic E-state index is 0.147. The molecule has 2 aromatic heterocycles. The summed E-state index contributed by atoms with van der Waals surface area (Å²) in [5.74, 6) is 0.763. The molecule has 0 radical (unpaired) electrons. The van der Waals surface area contributed by atoms with Crippen molar-refractivity contribution in [3.05, 3.63) is 72.6 Å². The Bertz CT molecular complexity index is 911. The van der Waals surface area contributed by atoms with Crippen LogP contribution in [0.4, 0.5) is 23.0 Å². The molecule has 0 aliphatic rings. The molecular weight excluding hydrogens is 330 g/mol. The highest BCUT2D eigenvalue weighted by atomic mass is 16.2. The van der Waals surface area contributed by atoms with Gasteiger partial charge in [0.25, 0.3) is 5.91 Å². The summed E-state index contributed by atoms with van der Waals surface area (Å²) in [7, 11) is 0. The molecule has 26 heavy (non-hydrogen) atoms. The van der Waals surface area contributed by atoms with Crippen molar-refractivity contribution >= 4 is 34.8 Å². The van der Waals surface area contributed by atoms with Crippen molar-refractivity contribution in [2.24, 2.45) is 0 Å². The summed E-state index contributed by atoms with van der Waals surface area (Å²) < 4.78 is 0. The molecule has 0 spiro atoms. The van der Waals surface area contributed by atoms with Crippen LogP contribution in [0.1, 0.15) is 17.3 Å². The highest BCUT2D eigenvalue weighted by Crippen LogP contribution is 2.16. The van der Waals surface area contributed by atoms with E-state index < -0.39 is 0 Å². The van der Waals surface area contributed by atoms with Crippen molar-refractivity contribution < 1.29 is 9.59 Å². The first-order valence-corrected chi connectivity index (χ1v) is 7.93. The number of benzene rings is 1. The van der Waals surface area contributed by atoms with Gasteiger partial charge in [0.15, 0.2) is 0 Å². The molecule has 7 heteroatoms. The second-order valence-electron chi connectivity index (χ2n) is 5.48. The molecule has 0 bridgehead atoms. The summed E-state index contributed by atoms with van der Waals surface area (Å²) in [4.78, 5) is 31.8. The standard InChI is InChI=1S/C19H17N5O2/c1-13(25)22-15-5-7-16(8-6-15)23-19(26)14-9-11-21-18(12-14)24-17-4-2-3-10-20-17/h2-12H,1H3,(H,22,25)(H,23,26)(H,20,21,24). The maximum atomic E-state index is 12.4. The predicted molar refractivity (Wildman–Crippen MR) is 100 cm³/mol. The maximum absolute atomic E-state index is 12.4. The molecule has 3 rings (SSSR count). The van der Waals surface area contributed by atoms with E-state index in [1.165, 1.54) is 6.92 Å². The first kappa shape index (κ1) is 17.1. The first-order valence-electron chi connectivity index (χ1n) is 7.93. The van der Waals surface area contributed by atoms with Crippen LogP contribution in [0.5, 0.6) is 0 Å². The van der Waals surface area contributed by atoms with E-state index >= 15 is 0 Å². The van der Waals surface area contributed by atoms with E-state index in [1.54, 1.807) is 48.8 Å². The van der Waals surface area contributed by atoms with Crippen molar-refractivity contribution in [3.8, 4) is 0 Å². The highest BCUT2D eigenvalue weighted by molar-refractivity contribution is 6.04. The zero-order valence-corrected chi connectivity index (χ0v) is 14.1. The summed E-state index contributed by atoms with van der Waals surface area (Å²) in [6, 6.07) is 15.6. The van der Waals surface area contributed by atoms with Gasteiger partial charge in [-0.2, -0.15) is 0 Å². The summed E-state index contributed by atoms with van der Waals surface area (Å²) in [6.45, 7) is 1.44. The van der Waals surface area contributed by atoms with Crippen LogP contribution < -0.4 is 16.0 Å². The molecule has 0 atom stereocenters. The minimum Gasteiger partial charge on any atom is -0.326 e. The predicted octanol–water partition coefficient (Wildman–Crippen LogP) is 3.43. The molecule has 0 saturated heterocycles. The number of amides is 2. The average Bonchev–Trinajstić information content (AvgIpc) is 2.64. The van der Waals surface area contributed by atoms with E-state index in [4.69, 9.17) is 0 Å². The number of hydrogen-bond donors (Lipinski definition) is 3. The molecule has 3 N–H and O–H groups in total. The normalized spacial score (nSPS) is 10.0. The van der Waals surface area contributed by atoms with Gasteiger partial charge >= 0.3 is 0 Å². The van der Waals surface area contributed by atoms with E-state index in [2.05, 4.69) is 25.9 Å². The Kier molecular flexibility index (Phi) is 5.19. The second-order valence-corrected chi connectivity index (χ2v) is 5.48. The molecule has 0 aliphatic carbocycles. The molecule has 0 saturated carbocycles. The number of anilines is 4. The van der Waals surface area contributed by atoms with Crippen LogP contribution in [-0.4, -0.2) is 21.8 Å². The van der Waals surface area contributed by atoms with Crippen LogP contribution in [0.25, 0.3) is 0 Å². The van der Waals surface area contributed by atoms with Gasteiger partial charge < -0.3 is 16.0 Å². The lowest BCUT2D eigenvalue weighted by Gasteiger charge is -2.09. The van der Waals surface area contributed by atoms with Crippen LogP contribution >= 0.6 is 0 Å². The summed E-state index contributed by atoms with van der Waals surface area (Å²) in [6.07, 6.45) is 3.23. The van der Waals surface area contributed by atoms with Gasteiger partial charge in [0, 0.05) is 36.3 Å². The number of nitrogens with one attached hydrogen (secondary N) is 3. The first-order chi connectivity index (χ1) is 12.6. The van der Waals surface area contributed by atoms with Crippen molar-refractivity contribution in [2.45, 2.75) is 6.92 Å². The summed E-state index contributed by atoms with van der Waals surface area (Å²) in [5.41, 5.74) is 1.76. The Hall–Kier alpha value is -3.74. The Morgan fingerprint density at radius 1 is 0.808 bits per heavy atom. The number of nitrogens with zero attached hydrogens (tertiary/aromatic N) is 2. The third-order valence-corrected chi connectivity index (χ3v) is 3.41. The highest BCUT2D eigenvalue weighted by Gasteiger charge is 2.08. The Morgan fingerprint density at radius 3 is 2.15 bits per heavy atom. The largest absolute Gasteiger partial charge is 0.326 e. The van der Waals surface area contributed by atoms with Crippen molar-refractivity contribution in [1.29, 1.82) is 0 Å². The quantitative estimate of drug-likeness (QED) is 0.657. The smallest absolute Gasteiger partial charge is 0.255 e. The van der Waals surface area contributed by atoms with Gasteiger partial charge in [-0.3, -0.25) is 9.59 Å². The van der Waals surface area contributed by atoms with E-state index in [9.17, 15) is 9.59 Å². The Labute approximate surface area is 150 Å². The van der Waals surface area contributed by atoms with Crippen LogP contribution in [0.15, 0.2) is 67.0 Å². The lowest BCUT2D eigenvalue weighted by atomic mass is 10.2. The molecule has 7 nitrogen and oxygen atoms in total. The van der Waals surface area contributed by atoms with Gasteiger partial charge in [-0.15, -0.1) is 0 Å². The van der Waals surface area contributed by atoms with Crippen LogP contribution in [0.3, 0.4) is 0 Å². The minimum atomic E-state index is -0.260. The fourth-order valence-corrected chi connectivity index (χ4v) is 2.25. The fraction of sp³-hybridized carbons (Fsp3) is 0.0526. The van der Waals surface area contributed by atoms with Gasteiger partial charge in [0.2, 0.25) is 5.91 Å². The van der Waals surface area contributed by atoms with Crippen LogP contribution in [-0.2, 0) is 4.79 Å². The number of hydrogen-bond acceptors (Lipinski definition) is 5. The number of rotatable bonds is 5. The van der Waals surface area contributed by atoms with Crippen LogP contribution in [0.2, 0.25) is 0 Å². The molecule has 1 aromatic carbocycles. The molecule has 3 aromatic rings. The SMILES string of the molecule is CC(=O)Nc1ccc(NC(=O)c2ccnc(Nc3ccccn3)c2)cc1. The molecule has 0 unspecified atom stereocenters. The topological polar surface area (TPSA) is 96.0 Å². The van der Waals surface area contributed by atoms with E-state index in [-0.39, 0.29) is 11.8 Å². The lowest BCUT2D eigenvalue weighted by molar-refractivity contribution is -0.114. The average molecular weight is 347 g/mol. The van der Waals surface area contributed by atoms with Crippen molar-refractivity contribution in [1.82, 2.24) is 9.97 Å². The fourth-order valence-electron chi connectivity index (χ4n) is 2.25. The van der Waals surface area contributed by atoms with Gasteiger partial charge in [0.05, 0.1) is 0 Å². The molecule has 130 valence electrons. The number of carbonyl (C=O) groups excluding carboxylic acids is 2. The molecule has 0 aliphatic heterocycles. The summed E-state index contributed by atoms with van der Waals surface area (Å²) in [5, 5.41) is 8.53. The zero-order valence-electron chi connectivity index (χ0n) is 14.1. The van der Waals surface area contributed by atoms with Crippen molar-refractivity contribution in [3.63, 3.8) is 0 Å². The molecule has 2 amide bonds. The number of aromatic nitrogens is 2. The Balaban J connectivity index is 1.68.